The van der Waals surface area contributed by atoms with Gasteiger partial charge in [0.25, 0.3) is 16.9 Å². The number of aromatic nitrogens is 2. The predicted molar refractivity (Wildman–Crippen MR) is 93.8 cm³/mol. The predicted octanol–water partition coefficient (Wildman–Crippen LogP) is 2.79. The van der Waals surface area contributed by atoms with Gasteiger partial charge in [0.05, 0.1) is 9.85 Å². The highest BCUT2D eigenvalue weighted by Crippen LogP contribution is 2.33. The highest BCUT2D eigenvalue weighted by atomic mass is 16.6. The maximum atomic E-state index is 12.0. The van der Waals surface area contributed by atoms with Crippen molar-refractivity contribution in [1.29, 1.82) is 5.26 Å². The number of nitro benzene ring substituents is 2. The molecular formula is C17H9N5O5. The Labute approximate surface area is 150 Å². The number of rotatable bonds is 4. The number of nitriles is 1. The van der Waals surface area contributed by atoms with E-state index in [-0.39, 0.29) is 28.2 Å². The second kappa shape index (κ2) is 6.85. The molecule has 0 aliphatic carbocycles. The second-order valence-corrected chi connectivity index (χ2v) is 5.37. The average molecular weight is 363 g/mol. The van der Waals surface area contributed by atoms with Crippen LogP contribution in [0, 0.1) is 31.6 Å². The van der Waals surface area contributed by atoms with Crippen molar-refractivity contribution in [2.24, 2.45) is 0 Å². The summed E-state index contributed by atoms with van der Waals surface area (Å²) < 4.78 is 0. The van der Waals surface area contributed by atoms with Gasteiger partial charge in [0.2, 0.25) is 0 Å². The first-order valence-corrected chi connectivity index (χ1v) is 7.45. The molecule has 0 fully saturated rings. The summed E-state index contributed by atoms with van der Waals surface area (Å²) in [4.78, 5) is 32.5. The number of nitrogens with one attached hydrogen (secondary N) is 1. The van der Waals surface area contributed by atoms with E-state index in [0.29, 0.717) is 11.1 Å². The Bertz CT molecular complexity index is 1140. The number of H-pyrrole nitrogens is 1. The molecule has 0 aliphatic heterocycles. The first-order valence-electron chi connectivity index (χ1n) is 7.45. The maximum Gasteiger partial charge on any atom is 0.282 e. The Morgan fingerprint density at radius 2 is 1.37 bits per heavy atom. The van der Waals surface area contributed by atoms with Crippen LogP contribution in [-0.4, -0.2) is 20.0 Å². The van der Waals surface area contributed by atoms with E-state index in [4.69, 9.17) is 0 Å². The van der Waals surface area contributed by atoms with Crippen LogP contribution in [0.3, 0.4) is 0 Å². The van der Waals surface area contributed by atoms with E-state index in [1.54, 1.807) is 0 Å². The largest absolute Gasteiger partial charge is 0.282 e. The fourth-order valence-electron chi connectivity index (χ4n) is 2.54. The van der Waals surface area contributed by atoms with Crippen molar-refractivity contribution in [3.8, 4) is 28.5 Å². The van der Waals surface area contributed by atoms with Gasteiger partial charge in [-0.15, -0.1) is 0 Å². The Balaban J connectivity index is 2.24. The molecule has 0 spiro atoms. The minimum Gasteiger partial charge on any atom is -0.266 e. The van der Waals surface area contributed by atoms with Gasteiger partial charge >= 0.3 is 0 Å². The summed E-state index contributed by atoms with van der Waals surface area (Å²) in [6, 6.07) is 12.5. The van der Waals surface area contributed by atoms with E-state index in [0.717, 1.165) is 0 Å². The second-order valence-electron chi connectivity index (χ2n) is 5.37. The van der Waals surface area contributed by atoms with Gasteiger partial charge in [-0.3, -0.25) is 25.0 Å². The molecule has 1 heterocycles. The molecule has 0 saturated heterocycles. The van der Waals surface area contributed by atoms with Gasteiger partial charge < -0.3 is 0 Å². The van der Waals surface area contributed by atoms with Crippen LogP contribution in [-0.2, 0) is 0 Å². The molecule has 0 bridgehead atoms. The van der Waals surface area contributed by atoms with Gasteiger partial charge in [0, 0.05) is 35.4 Å². The Morgan fingerprint density at radius 1 is 0.889 bits per heavy atom. The average Bonchev–Trinajstić information content (AvgIpc) is 2.67. The number of benzene rings is 2. The Kier molecular flexibility index (Phi) is 4.42. The third-order valence-corrected chi connectivity index (χ3v) is 3.81. The van der Waals surface area contributed by atoms with Crippen LogP contribution >= 0.6 is 0 Å². The van der Waals surface area contributed by atoms with E-state index < -0.39 is 15.4 Å². The van der Waals surface area contributed by atoms with E-state index in [2.05, 4.69) is 10.2 Å². The van der Waals surface area contributed by atoms with Crippen molar-refractivity contribution < 1.29 is 9.85 Å². The van der Waals surface area contributed by atoms with Crippen LogP contribution in [0.4, 0.5) is 11.4 Å². The van der Waals surface area contributed by atoms with Gasteiger partial charge in [-0.1, -0.05) is 0 Å². The number of aromatic amines is 1. The van der Waals surface area contributed by atoms with Crippen molar-refractivity contribution in [1.82, 2.24) is 10.2 Å². The van der Waals surface area contributed by atoms with Crippen molar-refractivity contribution in [2.45, 2.75) is 0 Å². The van der Waals surface area contributed by atoms with Crippen molar-refractivity contribution in [3.05, 3.63) is 84.7 Å². The Hall–Kier alpha value is -4.39. The molecule has 132 valence electrons. The molecule has 0 unspecified atom stereocenters. The lowest BCUT2D eigenvalue weighted by molar-refractivity contribution is -0.385. The van der Waals surface area contributed by atoms with Crippen LogP contribution in [0.5, 0.6) is 0 Å². The van der Waals surface area contributed by atoms with E-state index in [9.17, 15) is 30.3 Å². The zero-order chi connectivity index (χ0) is 19.6. The van der Waals surface area contributed by atoms with Crippen molar-refractivity contribution >= 4 is 11.4 Å². The molecule has 10 nitrogen and oxygen atoms in total. The number of nitrogens with zero attached hydrogens (tertiary/aromatic N) is 4. The van der Waals surface area contributed by atoms with Crippen molar-refractivity contribution in [3.63, 3.8) is 0 Å². The molecular weight excluding hydrogens is 354 g/mol. The molecule has 3 aromatic rings. The lowest BCUT2D eigenvalue weighted by atomic mass is 9.96. The monoisotopic (exact) mass is 363 g/mol. The van der Waals surface area contributed by atoms with Crippen LogP contribution in [0.1, 0.15) is 5.56 Å². The molecule has 27 heavy (non-hydrogen) atoms. The fraction of sp³-hybridized carbons (Fsp3) is 0. The molecule has 1 N–H and O–H groups in total. The quantitative estimate of drug-likeness (QED) is 0.551. The SMILES string of the molecule is N#Cc1c(-c2ccc([N+](=O)[O-])cc2)c(-c2ccc([N+](=O)[O-])cc2)n[nH]c1=O. The van der Waals surface area contributed by atoms with Crippen LogP contribution in [0.2, 0.25) is 0 Å². The third-order valence-electron chi connectivity index (χ3n) is 3.81. The van der Waals surface area contributed by atoms with Gasteiger partial charge in [-0.05, 0) is 29.8 Å². The normalized spacial score (nSPS) is 10.2. The summed E-state index contributed by atoms with van der Waals surface area (Å²) in [5, 5.41) is 37.2. The number of non-ortho nitro benzene ring substituents is 2. The summed E-state index contributed by atoms with van der Waals surface area (Å²) in [6.45, 7) is 0. The fourth-order valence-corrected chi connectivity index (χ4v) is 2.54. The lowest BCUT2D eigenvalue weighted by Crippen LogP contribution is -2.15. The van der Waals surface area contributed by atoms with Gasteiger partial charge in [-0.25, -0.2) is 5.10 Å². The highest BCUT2D eigenvalue weighted by molar-refractivity contribution is 5.84. The van der Waals surface area contributed by atoms with Gasteiger partial charge in [0.15, 0.2) is 0 Å². The van der Waals surface area contributed by atoms with Crippen LogP contribution in [0.25, 0.3) is 22.4 Å². The van der Waals surface area contributed by atoms with E-state index in [1.807, 2.05) is 6.07 Å². The topological polar surface area (TPSA) is 156 Å². The number of nitro groups is 2. The molecule has 0 amide bonds. The summed E-state index contributed by atoms with van der Waals surface area (Å²) in [5.41, 5.74) is 0.0157. The van der Waals surface area contributed by atoms with Crippen LogP contribution < -0.4 is 5.56 Å². The molecule has 0 saturated carbocycles. The maximum absolute atomic E-state index is 12.0. The molecule has 2 aromatic carbocycles. The molecule has 0 aliphatic rings. The molecule has 1 aromatic heterocycles. The number of hydrogen-bond acceptors (Lipinski definition) is 7. The molecule has 10 heteroatoms. The van der Waals surface area contributed by atoms with Gasteiger partial charge in [-0.2, -0.15) is 10.4 Å². The first kappa shape index (κ1) is 17.4. The van der Waals surface area contributed by atoms with E-state index in [1.165, 1.54) is 48.5 Å². The third kappa shape index (κ3) is 3.24. The minimum atomic E-state index is -0.712. The summed E-state index contributed by atoms with van der Waals surface area (Å²) in [6.07, 6.45) is 0. The first-order chi connectivity index (χ1) is 12.9. The van der Waals surface area contributed by atoms with Crippen LogP contribution in [0.15, 0.2) is 53.3 Å². The highest BCUT2D eigenvalue weighted by Gasteiger charge is 2.19. The summed E-state index contributed by atoms with van der Waals surface area (Å²) in [7, 11) is 0. The zero-order valence-corrected chi connectivity index (χ0v) is 13.4. The Morgan fingerprint density at radius 3 is 1.81 bits per heavy atom. The summed E-state index contributed by atoms with van der Waals surface area (Å²) >= 11 is 0. The van der Waals surface area contributed by atoms with E-state index >= 15 is 0 Å². The van der Waals surface area contributed by atoms with Crippen molar-refractivity contribution in [2.75, 3.05) is 0 Å². The zero-order valence-electron chi connectivity index (χ0n) is 13.4. The minimum absolute atomic E-state index is 0.124. The molecule has 0 radical (unpaired) electrons. The molecule has 0 atom stereocenters. The lowest BCUT2D eigenvalue weighted by Gasteiger charge is -2.10. The smallest absolute Gasteiger partial charge is 0.266 e. The summed E-state index contributed by atoms with van der Waals surface area (Å²) in [5.74, 6) is 0. The molecule has 3 rings (SSSR count). The number of hydrogen-bond donors (Lipinski definition) is 1. The standard InChI is InChI=1S/C17H9N5O5/c18-9-14-15(10-1-5-12(6-2-10)21(24)25)16(19-20-17(14)23)11-3-7-13(8-4-11)22(26)27/h1-8H,(H,20,23). The van der Waals surface area contributed by atoms with Gasteiger partial charge in [0.1, 0.15) is 17.3 Å².